The number of hydrogen-bond acceptors (Lipinski definition) is 2. The van der Waals surface area contributed by atoms with Crippen molar-refractivity contribution < 1.29 is 4.74 Å². The fraction of sp³-hybridized carbons (Fsp3) is 0.250. The van der Waals surface area contributed by atoms with Crippen LogP contribution >= 0.6 is 0 Å². The van der Waals surface area contributed by atoms with Crippen LogP contribution in [0.15, 0.2) is 36.4 Å². The van der Waals surface area contributed by atoms with E-state index in [1.165, 1.54) is 11.1 Å². The molecule has 2 heteroatoms. The van der Waals surface area contributed by atoms with Crippen LogP contribution in [0.3, 0.4) is 0 Å². The summed E-state index contributed by atoms with van der Waals surface area (Å²) in [6, 6.07) is 12.3. The monoisotopic (exact) mass is 241 g/mol. The molecule has 2 nitrogen and oxygen atoms in total. The van der Waals surface area contributed by atoms with Crippen LogP contribution in [-0.4, -0.2) is 0 Å². The minimum Gasteiger partial charge on any atom is -0.489 e. The van der Waals surface area contributed by atoms with E-state index in [0.717, 1.165) is 22.6 Å². The van der Waals surface area contributed by atoms with Gasteiger partial charge in [0.2, 0.25) is 0 Å². The first-order chi connectivity index (χ1) is 8.58. The van der Waals surface area contributed by atoms with Crippen LogP contribution in [0.25, 0.3) is 0 Å². The number of rotatable bonds is 3. The molecule has 0 heterocycles. The van der Waals surface area contributed by atoms with E-state index in [0.29, 0.717) is 6.61 Å². The number of benzene rings is 2. The number of nitrogen functional groups attached to an aromatic ring is 1. The molecule has 0 aliphatic heterocycles. The summed E-state index contributed by atoms with van der Waals surface area (Å²) in [6.45, 7) is 6.65. The molecule has 0 aromatic heterocycles. The lowest BCUT2D eigenvalue weighted by molar-refractivity contribution is 0.304. The van der Waals surface area contributed by atoms with E-state index >= 15 is 0 Å². The molecule has 0 fully saturated rings. The lowest BCUT2D eigenvalue weighted by atomic mass is 10.1. The molecule has 2 aromatic rings. The van der Waals surface area contributed by atoms with E-state index in [1.807, 2.05) is 26.0 Å². The van der Waals surface area contributed by atoms with Gasteiger partial charge in [-0.25, -0.2) is 0 Å². The van der Waals surface area contributed by atoms with Gasteiger partial charge in [0.25, 0.3) is 0 Å². The van der Waals surface area contributed by atoms with Gasteiger partial charge in [-0.2, -0.15) is 0 Å². The van der Waals surface area contributed by atoms with Crippen LogP contribution in [-0.2, 0) is 6.61 Å². The molecule has 0 aliphatic rings. The van der Waals surface area contributed by atoms with Gasteiger partial charge in [0, 0.05) is 11.3 Å². The smallest absolute Gasteiger partial charge is 0.124 e. The summed E-state index contributed by atoms with van der Waals surface area (Å²) in [6.07, 6.45) is 0. The van der Waals surface area contributed by atoms with Crippen LogP contribution < -0.4 is 10.5 Å². The second kappa shape index (κ2) is 5.13. The molecule has 94 valence electrons. The molecule has 0 radical (unpaired) electrons. The highest BCUT2D eigenvalue weighted by molar-refractivity contribution is 5.58. The van der Waals surface area contributed by atoms with Gasteiger partial charge in [-0.3, -0.25) is 0 Å². The summed E-state index contributed by atoms with van der Waals surface area (Å²) in [5, 5.41) is 0. The predicted octanol–water partition coefficient (Wildman–Crippen LogP) is 3.77. The first kappa shape index (κ1) is 12.5. The van der Waals surface area contributed by atoms with Crippen LogP contribution in [0.2, 0.25) is 0 Å². The van der Waals surface area contributed by atoms with Gasteiger partial charge in [-0.05, 0) is 38.0 Å². The van der Waals surface area contributed by atoms with Crippen molar-refractivity contribution in [3.05, 3.63) is 58.7 Å². The van der Waals surface area contributed by atoms with Gasteiger partial charge in [-0.1, -0.05) is 35.9 Å². The summed E-state index contributed by atoms with van der Waals surface area (Å²) in [4.78, 5) is 0. The zero-order valence-electron chi connectivity index (χ0n) is 11.2. The molecular formula is C16H19NO. The summed E-state index contributed by atoms with van der Waals surface area (Å²) in [5.41, 5.74) is 11.3. The van der Waals surface area contributed by atoms with Crippen molar-refractivity contribution in [2.75, 3.05) is 5.73 Å². The Morgan fingerprint density at radius 1 is 0.944 bits per heavy atom. The molecule has 0 spiro atoms. The highest BCUT2D eigenvalue weighted by Gasteiger charge is 2.05. The number of hydrogen-bond donors (Lipinski definition) is 1. The fourth-order valence-corrected chi connectivity index (χ4v) is 1.85. The number of aryl methyl sites for hydroxylation is 2. The second-order valence-corrected chi connectivity index (χ2v) is 4.69. The van der Waals surface area contributed by atoms with Crippen molar-refractivity contribution in [1.29, 1.82) is 0 Å². The first-order valence-electron chi connectivity index (χ1n) is 6.12. The zero-order chi connectivity index (χ0) is 13.1. The Kier molecular flexibility index (Phi) is 3.56. The molecule has 0 saturated carbocycles. The van der Waals surface area contributed by atoms with Gasteiger partial charge in [-0.15, -0.1) is 0 Å². The summed E-state index contributed by atoms with van der Waals surface area (Å²) in [5.74, 6) is 0.860. The van der Waals surface area contributed by atoms with Gasteiger partial charge in [0.15, 0.2) is 0 Å². The number of nitrogens with two attached hydrogens (primary N) is 1. The minimum absolute atomic E-state index is 0.573. The highest BCUT2D eigenvalue weighted by Crippen LogP contribution is 2.27. The third kappa shape index (κ3) is 2.65. The molecule has 0 amide bonds. The SMILES string of the molecule is Cc1ccc(COc2ccc(C)c(N)c2C)cc1. The molecule has 2 rings (SSSR count). The molecule has 0 unspecified atom stereocenters. The fourth-order valence-electron chi connectivity index (χ4n) is 1.85. The molecule has 0 aliphatic carbocycles. The van der Waals surface area contributed by atoms with E-state index in [4.69, 9.17) is 10.5 Å². The molecule has 0 bridgehead atoms. The maximum absolute atomic E-state index is 5.99. The Hall–Kier alpha value is -1.96. The maximum Gasteiger partial charge on any atom is 0.124 e. The predicted molar refractivity (Wildman–Crippen MR) is 75.8 cm³/mol. The van der Waals surface area contributed by atoms with Crippen molar-refractivity contribution in [3.63, 3.8) is 0 Å². The zero-order valence-corrected chi connectivity index (χ0v) is 11.2. The van der Waals surface area contributed by atoms with Gasteiger partial charge < -0.3 is 10.5 Å². The minimum atomic E-state index is 0.573. The van der Waals surface area contributed by atoms with Crippen molar-refractivity contribution in [2.24, 2.45) is 0 Å². The third-order valence-corrected chi connectivity index (χ3v) is 3.20. The standard InChI is InChI=1S/C16H19NO/c1-11-4-7-14(8-5-11)10-18-15-9-6-12(2)16(17)13(15)3/h4-9H,10,17H2,1-3H3. The lowest BCUT2D eigenvalue weighted by Crippen LogP contribution is -2.00. The van der Waals surface area contributed by atoms with Gasteiger partial charge in [0.1, 0.15) is 12.4 Å². The van der Waals surface area contributed by atoms with Crippen LogP contribution in [0.4, 0.5) is 5.69 Å². The van der Waals surface area contributed by atoms with Crippen molar-refractivity contribution >= 4 is 5.69 Å². The van der Waals surface area contributed by atoms with Gasteiger partial charge >= 0.3 is 0 Å². The van der Waals surface area contributed by atoms with Crippen LogP contribution in [0.5, 0.6) is 5.75 Å². The topological polar surface area (TPSA) is 35.2 Å². The Bertz CT molecular complexity index is 544. The molecule has 2 N–H and O–H groups in total. The van der Waals surface area contributed by atoms with Crippen LogP contribution in [0, 0.1) is 20.8 Å². The first-order valence-corrected chi connectivity index (χ1v) is 6.12. The largest absolute Gasteiger partial charge is 0.489 e. The normalized spacial score (nSPS) is 10.4. The van der Waals surface area contributed by atoms with E-state index in [9.17, 15) is 0 Å². The Balaban J connectivity index is 2.11. The summed E-state index contributed by atoms with van der Waals surface area (Å²) < 4.78 is 5.82. The molecule has 0 saturated heterocycles. The van der Waals surface area contributed by atoms with Crippen molar-refractivity contribution in [3.8, 4) is 5.75 Å². The summed E-state index contributed by atoms with van der Waals surface area (Å²) >= 11 is 0. The molecular weight excluding hydrogens is 222 g/mol. The number of anilines is 1. The lowest BCUT2D eigenvalue weighted by Gasteiger charge is -2.12. The van der Waals surface area contributed by atoms with Crippen LogP contribution in [0.1, 0.15) is 22.3 Å². The van der Waals surface area contributed by atoms with Crippen molar-refractivity contribution in [1.82, 2.24) is 0 Å². The van der Waals surface area contributed by atoms with E-state index < -0.39 is 0 Å². The quantitative estimate of drug-likeness (QED) is 0.830. The molecule has 18 heavy (non-hydrogen) atoms. The summed E-state index contributed by atoms with van der Waals surface area (Å²) in [7, 11) is 0. The second-order valence-electron chi connectivity index (χ2n) is 4.69. The molecule has 0 atom stereocenters. The Labute approximate surface area is 108 Å². The Morgan fingerprint density at radius 2 is 1.61 bits per heavy atom. The van der Waals surface area contributed by atoms with E-state index in [1.54, 1.807) is 0 Å². The maximum atomic E-state index is 5.99. The van der Waals surface area contributed by atoms with Crippen molar-refractivity contribution in [2.45, 2.75) is 27.4 Å². The average Bonchev–Trinajstić information content (AvgIpc) is 2.37. The Morgan fingerprint density at radius 3 is 2.28 bits per heavy atom. The third-order valence-electron chi connectivity index (χ3n) is 3.20. The number of ether oxygens (including phenoxy) is 1. The van der Waals surface area contributed by atoms with E-state index in [2.05, 4.69) is 31.2 Å². The van der Waals surface area contributed by atoms with Gasteiger partial charge in [0.05, 0.1) is 0 Å². The molecule has 2 aromatic carbocycles. The van der Waals surface area contributed by atoms with E-state index in [-0.39, 0.29) is 0 Å². The highest BCUT2D eigenvalue weighted by atomic mass is 16.5. The average molecular weight is 241 g/mol.